The second-order valence-electron chi connectivity index (χ2n) is 10.5. The molecule has 2 amide bonds. The fourth-order valence-electron chi connectivity index (χ4n) is 5.32. The molecule has 3 aromatic rings. The van der Waals surface area contributed by atoms with Gasteiger partial charge >= 0.3 is 24.1 Å². The highest BCUT2D eigenvalue weighted by molar-refractivity contribution is 6.01. The maximum absolute atomic E-state index is 15.9. The van der Waals surface area contributed by atoms with Gasteiger partial charge in [0.25, 0.3) is 0 Å². The first-order valence-electron chi connectivity index (χ1n) is 13.8. The Morgan fingerprint density at radius 2 is 1.81 bits per heavy atom. The third kappa shape index (κ3) is 6.47. The van der Waals surface area contributed by atoms with E-state index in [0.717, 1.165) is 37.2 Å². The highest BCUT2D eigenvalue weighted by atomic mass is 19.4. The van der Waals surface area contributed by atoms with Gasteiger partial charge in [0, 0.05) is 24.5 Å². The first kappa shape index (κ1) is 30.0. The lowest BCUT2D eigenvalue weighted by molar-refractivity contribution is -0.147. The van der Waals surface area contributed by atoms with Crippen LogP contribution in [0, 0.1) is 5.82 Å². The molecule has 43 heavy (non-hydrogen) atoms. The van der Waals surface area contributed by atoms with E-state index in [1.807, 2.05) is 0 Å². The minimum atomic E-state index is -4.96. The zero-order chi connectivity index (χ0) is 30.7. The number of aromatic nitrogens is 1. The van der Waals surface area contributed by atoms with Gasteiger partial charge in [0.15, 0.2) is 6.04 Å². The molecule has 1 aromatic heterocycles. The van der Waals surface area contributed by atoms with Gasteiger partial charge in [0.2, 0.25) is 0 Å². The van der Waals surface area contributed by atoms with Crippen LogP contribution in [-0.2, 0) is 31.8 Å². The fraction of sp³-hybridized carbons (Fsp3) is 0.355. The summed E-state index contributed by atoms with van der Waals surface area (Å²) in [5.41, 5.74) is -1.19. The molecule has 2 fully saturated rings. The summed E-state index contributed by atoms with van der Waals surface area (Å²) in [6.45, 7) is -0.292. The van der Waals surface area contributed by atoms with Gasteiger partial charge in [-0.15, -0.1) is 0 Å². The number of rotatable bonds is 8. The van der Waals surface area contributed by atoms with Gasteiger partial charge in [-0.05, 0) is 60.9 Å². The molecule has 8 nitrogen and oxygen atoms in total. The number of hydrogen-bond acceptors (Lipinski definition) is 6. The second-order valence-corrected chi connectivity index (χ2v) is 10.5. The molecule has 226 valence electrons. The molecule has 0 spiro atoms. The number of anilines is 1. The van der Waals surface area contributed by atoms with Crippen molar-refractivity contribution in [2.24, 2.45) is 0 Å². The molecule has 1 aliphatic heterocycles. The first-order chi connectivity index (χ1) is 20.6. The number of amides is 2. The minimum absolute atomic E-state index is 0.0296. The van der Waals surface area contributed by atoms with Gasteiger partial charge in [-0.1, -0.05) is 36.4 Å². The summed E-state index contributed by atoms with van der Waals surface area (Å²) in [7, 11) is 1.15. The minimum Gasteiger partial charge on any atom is -0.467 e. The molecule has 2 heterocycles. The maximum atomic E-state index is 15.9. The monoisotopic (exact) mass is 599 g/mol. The number of urea groups is 1. The van der Waals surface area contributed by atoms with E-state index < -0.39 is 58.9 Å². The van der Waals surface area contributed by atoms with Crippen molar-refractivity contribution in [3.8, 4) is 0 Å². The zero-order valence-corrected chi connectivity index (χ0v) is 23.2. The van der Waals surface area contributed by atoms with Crippen LogP contribution in [0.15, 0.2) is 67.0 Å². The van der Waals surface area contributed by atoms with E-state index in [1.165, 1.54) is 12.1 Å². The molecule has 0 N–H and O–H groups in total. The van der Waals surface area contributed by atoms with Crippen molar-refractivity contribution in [2.45, 2.75) is 56.5 Å². The Hall–Kier alpha value is -4.48. The Labute approximate surface area is 245 Å². The maximum Gasteiger partial charge on any atom is 0.416 e. The summed E-state index contributed by atoms with van der Waals surface area (Å²) >= 11 is 0. The molecule has 1 unspecified atom stereocenters. The van der Waals surface area contributed by atoms with Crippen molar-refractivity contribution in [3.05, 3.63) is 95.1 Å². The molecular weight excluding hydrogens is 570 g/mol. The van der Waals surface area contributed by atoms with E-state index >= 15 is 4.39 Å². The van der Waals surface area contributed by atoms with E-state index in [1.54, 1.807) is 36.4 Å². The van der Waals surface area contributed by atoms with Crippen LogP contribution in [0.25, 0.3) is 0 Å². The summed E-state index contributed by atoms with van der Waals surface area (Å²) in [5.74, 6) is -2.76. The predicted molar refractivity (Wildman–Crippen MR) is 146 cm³/mol. The Bertz CT molecular complexity index is 1500. The fourth-order valence-corrected chi connectivity index (χ4v) is 5.32. The summed E-state index contributed by atoms with van der Waals surface area (Å²) < 4.78 is 69.1. The van der Waals surface area contributed by atoms with Crippen LogP contribution in [0.1, 0.15) is 59.9 Å². The number of carbonyl (C=O) groups excluding carboxylic acids is 3. The number of halogens is 4. The summed E-state index contributed by atoms with van der Waals surface area (Å²) in [6, 6.07) is 8.93. The van der Waals surface area contributed by atoms with Crippen molar-refractivity contribution in [1.82, 2.24) is 9.88 Å². The molecule has 1 saturated heterocycles. The lowest BCUT2D eigenvalue weighted by atomic mass is 9.99. The van der Waals surface area contributed by atoms with Gasteiger partial charge < -0.3 is 14.4 Å². The van der Waals surface area contributed by atoms with Crippen molar-refractivity contribution in [3.63, 3.8) is 0 Å². The summed E-state index contributed by atoms with van der Waals surface area (Å²) in [6.07, 6.45) is -0.920. The van der Waals surface area contributed by atoms with E-state index in [0.29, 0.717) is 28.5 Å². The van der Waals surface area contributed by atoms with Crippen LogP contribution < -0.4 is 4.90 Å². The first-order valence-corrected chi connectivity index (χ1v) is 13.8. The quantitative estimate of drug-likeness (QED) is 0.228. The number of carbonyl (C=O) groups is 3. The third-order valence-corrected chi connectivity index (χ3v) is 7.62. The highest BCUT2D eigenvalue weighted by Gasteiger charge is 2.46. The largest absolute Gasteiger partial charge is 0.467 e. The van der Waals surface area contributed by atoms with Crippen LogP contribution in [0.3, 0.4) is 0 Å². The molecule has 1 saturated carbocycles. The highest BCUT2D eigenvalue weighted by Crippen LogP contribution is 2.43. The number of esters is 2. The molecular formula is C31H29F4N3O5. The van der Waals surface area contributed by atoms with Crippen LogP contribution in [0.5, 0.6) is 0 Å². The van der Waals surface area contributed by atoms with E-state index in [9.17, 15) is 27.6 Å². The van der Waals surface area contributed by atoms with Crippen LogP contribution >= 0.6 is 0 Å². The lowest BCUT2D eigenvalue weighted by Crippen LogP contribution is -2.51. The van der Waals surface area contributed by atoms with Crippen molar-refractivity contribution in [2.75, 3.05) is 18.6 Å². The molecule has 2 aromatic carbocycles. The number of benzene rings is 2. The molecule has 2 atom stereocenters. The summed E-state index contributed by atoms with van der Waals surface area (Å²) in [5, 5.41) is 0. The van der Waals surface area contributed by atoms with Crippen LogP contribution in [-0.4, -0.2) is 47.6 Å². The Morgan fingerprint density at radius 1 is 1.07 bits per heavy atom. The average Bonchev–Trinajstić information content (AvgIpc) is 3.74. The van der Waals surface area contributed by atoms with E-state index in [4.69, 9.17) is 9.47 Å². The SMILES string of the molecule is COC(=O)[C@@H]1CCCN1C(=O)N(c1ccc(C2CC2)cc1F)C(C(=O)OCc1ccccc1)c1cnccc1C(F)(F)F. The molecule has 1 aliphatic carbocycles. The Morgan fingerprint density at radius 3 is 2.47 bits per heavy atom. The molecule has 12 heteroatoms. The predicted octanol–water partition coefficient (Wildman–Crippen LogP) is 6.17. The topological polar surface area (TPSA) is 89.0 Å². The third-order valence-electron chi connectivity index (χ3n) is 7.62. The van der Waals surface area contributed by atoms with Crippen LogP contribution in [0.4, 0.5) is 28.0 Å². The van der Waals surface area contributed by atoms with Gasteiger partial charge in [-0.25, -0.2) is 18.8 Å². The number of nitrogens with zero attached hydrogens (tertiary/aromatic N) is 3. The molecule has 0 bridgehead atoms. The Kier molecular flexibility index (Phi) is 8.65. The van der Waals surface area contributed by atoms with Crippen LogP contribution in [0.2, 0.25) is 0 Å². The van der Waals surface area contributed by atoms with Crippen molar-refractivity contribution >= 4 is 23.7 Å². The second kappa shape index (κ2) is 12.4. The number of alkyl halides is 3. The number of pyridine rings is 1. The lowest BCUT2D eigenvalue weighted by Gasteiger charge is -2.36. The smallest absolute Gasteiger partial charge is 0.416 e. The van der Waals surface area contributed by atoms with Gasteiger partial charge in [-0.2, -0.15) is 13.2 Å². The van der Waals surface area contributed by atoms with Crippen molar-refractivity contribution in [1.29, 1.82) is 0 Å². The number of methoxy groups -OCH3 is 1. The molecule has 5 rings (SSSR count). The van der Waals surface area contributed by atoms with E-state index in [2.05, 4.69) is 4.98 Å². The summed E-state index contributed by atoms with van der Waals surface area (Å²) in [4.78, 5) is 46.2. The van der Waals surface area contributed by atoms with Gasteiger partial charge in [0.1, 0.15) is 18.5 Å². The Balaban J connectivity index is 1.66. The van der Waals surface area contributed by atoms with Crippen molar-refractivity contribution < 1.29 is 41.4 Å². The number of hydrogen-bond donors (Lipinski definition) is 0. The average molecular weight is 600 g/mol. The molecule has 0 radical (unpaired) electrons. The number of ether oxygens (including phenoxy) is 2. The van der Waals surface area contributed by atoms with E-state index in [-0.39, 0.29) is 25.5 Å². The molecule has 2 aliphatic rings. The van der Waals surface area contributed by atoms with Gasteiger partial charge in [-0.3, -0.25) is 9.88 Å². The number of likely N-dealkylation sites (tertiary alicyclic amines) is 1. The van der Waals surface area contributed by atoms with Gasteiger partial charge in [0.05, 0.1) is 18.4 Å². The normalized spacial score (nSPS) is 17.3. The zero-order valence-electron chi connectivity index (χ0n) is 23.2. The standard InChI is InChI=1S/C31H29F4N3O5/c1-42-28(39)26-8-5-15-37(26)30(41)38(25-12-11-21(16-24(25)32)20-9-10-20)27(22-17-36-14-13-23(22)31(33,34)35)29(40)43-18-19-6-3-2-4-7-19/h2-4,6-7,11-14,16-17,20,26-27H,5,8-10,15,18H2,1H3/t26-,27?/m0/s1.